The number of nitrogen functional groups attached to an aromatic ring is 1. The third kappa shape index (κ3) is 7.00. The Hall–Kier alpha value is -4.35. The van der Waals surface area contributed by atoms with Gasteiger partial charge in [0, 0.05) is 6.54 Å². The molecule has 1 aromatic heterocycles. The van der Waals surface area contributed by atoms with E-state index in [4.69, 9.17) is 5.73 Å². The molecular formula is C25H21F10N5O3. The van der Waals surface area contributed by atoms with Gasteiger partial charge in [0.25, 0.3) is 11.8 Å². The molecule has 43 heavy (non-hydrogen) atoms. The maximum Gasteiger partial charge on any atom is 0.420 e. The zero-order valence-electron chi connectivity index (χ0n) is 21.7. The SMILES string of the molecule is CCN(CC(O)(CNC(=O)c1cnn(-c2ccc(F)cc2)c1N)C(F)(F)F)C(=O)c1c(C(F)(F)F)cccc1C(F)(F)F. The van der Waals surface area contributed by atoms with Crippen molar-refractivity contribution in [3.63, 3.8) is 0 Å². The van der Waals surface area contributed by atoms with Gasteiger partial charge in [-0.1, -0.05) is 6.07 Å². The van der Waals surface area contributed by atoms with Crippen LogP contribution >= 0.6 is 0 Å². The van der Waals surface area contributed by atoms with Crippen LogP contribution < -0.4 is 11.1 Å². The molecule has 0 bridgehead atoms. The molecule has 1 unspecified atom stereocenters. The monoisotopic (exact) mass is 629 g/mol. The molecule has 0 aliphatic heterocycles. The van der Waals surface area contributed by atoms with Crippen molar-refractivity contribution in [2.75, 3.05) is 25.4 Å². The Kier molecular flexibility index (Phi) is 9.05. The third-order valence-electron chi connectivity index (χ3n) is 6.20. The smallest absolute Gasteiger partial charge is 0.383 e. The van der Waals surface area contributed by atoms with Crippen LogP contribution in [0.3, 0.4) is 0 Å². The van der Waals surface area contributed by atoms with Crippen LogP contribution in [0.25, 0.3) is 5.69 Å². The number of hydrogen-bond acceptors (Lipinski definition) is 5. The molecule has 0 aliphatic rings. The number of nitrogens with two attached hydrogens (primary N) is 1. The maximum absolute atomic E-state index is 14.0. The van der Waals surface area contributed by atoms with E-state index in [9.17, 15) is 58.6 Å². The number of aromatic nitrogens is 2. The fourth-order valence-electron chi connectivity index (χ4n) is 3.94. The van der Waals surface area contributed by atoms with Crippen molar-refractivity contribution in [1.29, 1.82) is 0 Å². The molecule has 18 heteroatoms. The van der Waals surface area contributed by atoms with Crippen molar-refractivity contribution in [1.82, 2.24) is 20.0 Å². The Balaban J connectivity index is 1.92. The molecule has 0 fully saturated rings. The lowest BCUT2D eigenvalue weighted by molar-refractivity contribution is -0.260. The Morgan fingerprint density at radius 3 is 1.95 bits per heavy atom. The molecule has 0 saturated carbocycles. The summed E-state index contributed by atoms with van der Waals surface area (Å²) in [5.74, 6) is -4.44. The summed E-state index contributed by atoms with van der Waals surface area (Å²) in [5.41, 5.74) is -4.62. The van der Waals surface area contributed by atoms with Gasteiger partial charge >= 0.3 is 18.5 Å². The van der Waals surface area contributed by atoms with E-state index in [1.165, 1.54) is 12.1 Å². The van der Waals surface area contributed by atoms with Crippen molar-refractivity contribution >= 4 is 17.6 Å². The molecule has 0 spiro atoms. The van der Waals surface area contributed by atoms with Crippen molar-refractivity contribution in [2.45, 2.75) is 31.1 Å². The second-order valence-electron chi connectivity index (χ2n) is 9.09. The van der Waals surface area contributed by atoms with Gasteiger partial charge in [-0.15, -0.1) is 0 Å². The van der Waals surface area contributed by atoms with Crippen LogP contribution in [-0.2, 0) is 12.4 Å². The summed E-state index contributed by atoms with van der Waals surface area (Å²) < 4.78 is 138. The summed E-state index contributed by atoms with van der Waals surface area (Å²) in [5, 5.41) is 16.0. The summed E-state index contributed by atoms with van der Waals surface area (Å²) in [4.78, 5) is 25.6. The number of nitrogens with zero attached hydrogens (tertiary/aromatic N) is 3. The molecular weight excluding hydrogens is 608 g/mol. The lowest BCUT2D eigenvalue weighted by Crippen LogP contribution is -2.60. The van der Waals surface area contributed by atoms with Gasteiger partial charge in [0.1, 0.15) is 17.2 Å². The number of likely N-dealkylation sites (N-methyl/N-ethyl adjacent to an activating group) is 1. The largest absolute Gasteiger partial charge is 0.420 e. The predicted octanol–water partition coefficient (Wildman–Crippen LogP) is 4.82. The summed E-state index contributed by atoms with van der Waals surface area (Å²) in [6.45, 7) is -3.47. The number of rotatable bonds is 8. The van der Waals surface area contributed by atoms with E-state index in [-0.39, 0.29) is 22.7 Å². The Morgan fingerprint density at radius 2 is 1.49 bits per heavy atom. The number of carbonyl (C=O) groups is 2. The van der Waals surface area contributed by atoms with E-state index in [2.05, 4.69) is 5.10 Å². The maximum atomic E-state index is 14.0. The van der Waals surface area contributed by atoms with Crippen LogP contribution in [0.2, 0.25) is 0 Å². The molecule has 1 atom stereocenters. The van der Waals surface area contributed by atoms with Gasteiger partial charge in [0.05, 0.1) is 41.7 Å². The molecule has 2 aromatic carbocycles. The van der Waals surface area contributed by atoms with Crippen LogP contribution in [0.1, 0.15) is 38.8 Å². The number of aliphatic hydroxyl groups is 1. The number of hydrogen-bond donors (Lipinski definition) is 3. The first-order valence-corrected chi connectivity index (χ1v) is 11.9. The quantitative estimate of drug-likeness (QED) is 0.310. The summed E-state index contributed by atoms with van der Waals surface area (Å²) >= 11 is 0. The van der Waals surface area contributed by atoms with Crippen LogP contribution in [0.15, 0.2) is 48.7 Å². The van der Waals surface area contributed by atoms with E-state index in [1.807, 2.05) is 0 Å². The zero-order valence-corrected chi connectivity index (χ0v) is 21.7. The van der Waals surface area contributed by atoms with Crippen molar-refractivity contribution in [3.05, 3.63) is 76.7 Å². The molecule has 2 amide bonds. The van der Waals surface area contributed by atoms with E-state index in [1.54, 1.807) is 5.32 Å². The minimum atomic E-state index is -5.66. The average molecular weight is 629 g/mol. The highest BCUT2D eigenvalue weighted by Crippen LogP contribution is 2.40. The van der Waals surface area contributed by atoms with E-state index in [0.29, 0.717) is 6.07 Å². The van der Waals surface area contributed by atoms with Crippen molar-refractivity contribution < 1.29 is 58.6 Å². The highest BCUT2D eigenvalue weighted by molar-refractivity contribution is 5.99. The molecule has 234 valence electrons. The molecule has 1 heterocycles. The van der Waals surface area contributed by atoms with Gasteiger partial charge in [-0.3, -0.25) is 9.59 Å². The highest BCUT2D eigenvalue weighted by atomic mass is 19.4. The Labute approximate surface area is 235 Å². The van der Waals surface area contributed by atoms with Gasteiger partial charge < -0.3 is 21.1 Å². The molecule has 3 aromatic rings. The number of benzene rings is 2. The van der Waals surface area contributed by atoms with Gasteiger partial charge in [0.15, 0.2) is 5.60 Å². The van der Waals surface area contributed by atoms with E-state index in [0.717, 1.165) is 29.9 Å². The summed E-state index contributed by atoms with van der Waals surface area (Å²) in [7, 11) is 0. The molecule has 4 N–H and O–H groups in total. The van der Waals surface area contributed by atoms with Crippen LogP contribution in [-0.4, -0.2) is 63.0 Å². The van der Waals surface area contributed by atoms with Gasteiger partial charge in [0.2, 0.25) is 0 Å². The highest BCUT2D eigenvalue weighted by Gasteiger charge is 2.55. The van der Waals surface area contributed by atoms with E-state index >= 15 is 0 Å². The van der Waals surface area contributed by atoms with Crippen LogP contribution in [0.5, 0.6) is 0 Å². The van der Waals surface area contributed by atoms with Gasteiger partial charge in [-0.2, -0.15) is 44.6 Å². The average Bonchev–Trinajstić information content (AvgIpc) is 3.29. The topological polar surface area (TPSA) is 113 Å². The second-order valence-corrected chi connectivity index (χ2v) is 9.09. The predicted molar refractivity (Wildman–Crippen MR) is 129 cm³/mol. The molecule has 8 nitrogen and oxygen atoms in total. The fourth-order valence-corrected chi connectivity index (χ4v) is 3.94. The fraction of sp³-hybridized carbons (Fsp3) is 0.320. The first kappa shape index (κ1) is 33.2. The van der Waals surface area contributed by atoms with Crippen molar-refractivity contribution in [2.24, 2.45) is 0 Å². The molecule has 3 rings (SSSR count). The second kappa shape index (κ2) is 11.7. The molecule has 0 radical (unpaired) electrons. The minimum Gasteiger partial charge on any atom is -0.383 e. The Morgan fingerprint density at radius 1 is 0.953 bits per heavy atom. The lowest BCUT2D eigenvalue weighted by atomic mass is 9.97. The first-order valence-electron chi connectivity index (χ1n) is 11.9. The van der Waals surface area contributed by atoms with Crippen molar-refractivity contribution in [3.8, 4) is 5.69 Å². The normalized spacial score (nSPS) is 13.9. The molecule has 0 aliphatic carbocycles. The Bertz CT molecular complexity index is 1450. The van der Waals surface area contributed by atoms with Gasteiger partial charge in [-0.05, 0) is 43.3 Å². The third-order valence-corrected chi connectivity index (χ3v) is 6.20. The number of halogens is 10. The number of nitrogens with one attached hydrogen (secondary N) is 1. The lowest BCUT2D eigenvalue weighted by Gasteiger charge is -2.36. The number of amides is 2. The van der Waals surface area contributed by atoms with Crippen LogP contribution in [0, 0.1) is 5.82 Å². The number of alkyl halides is 9. The summed E-state index contributed by atoms with van der Waals surface area (Å²) in [6, 6.07) is 5.20. The van der Waals surface area contributed by atoms with E-state index < -0.39 is 89.5 Å². The molecule has 0 saturated heterocycles. The minimum absolute atomic E-state index is 0.0552. The zero-order chi connectivity index (χ0) is 32.5. The number of anilines is 1. The first-order chi connectivity index (χ1) is 19.7. The van der Waals surface area contributed by atoms with Crippen LogP contribution in [0.4, 0.5) is 49.7 Å². The van der Waals surface area contributed by atoms with Gasteiger partial charge in [-0.25, -0.2) is 9.07 Å². The summed E-state index contributed by atoms with van der Waals surface area (Å²) in [6.07, 6.45) is -15.8. The standard InChI is InChI=1S/C25H21F10N5O3/c1-2-39(21(42)18-16(23(27,28)29)4-3-5-17(18)24(30,31)32)12-22(43,25(33,34)35)11-37-20(41)15-10-38-40(19(15)36)14-8-6-13(26)7-9-14/h3-10,43H,2,11-12,36H2,1H3,(H,37,41). The number of carbonyl (C=O) groups excluding carboxylic acids is 2.